The van der Waals surface area contributed by atoms with Crippen molar-refractivity contribution in [2.75, 3.05) is 39.5 Å². The SMILES string of the molecule is CCNC(=NCCCOCC1CCCO1)NCCc1sc(C)nc1C. The molecule has 0 spiro atoms. The Morgan fingerprint density at radius 2 is 2.28 bits per heavy atom. The maximum Gasteiger partial charge on any atom is 0.191 e. The van der Waals surface area contributed by atoms with Gasteiger partial charge in [-0.3, -0.25) is 4.99 Å². The third-order valence-electron chi connectivity index (χ3n) is 4.03. The lowest BCUT2D eigenvalue weighted by atomic mass is 10.2. The fourth-order valence-corrected chi connectivity index (χ4v) is 3.73. The van der Waals surface area contributed by atoms with Gasteiger partial charge in [-0.2, -0.15) is 0 Å². The van der Waals surface area contributed by atoms with Crippen LogP contribution in [0.2, 0.25) is 0 Å². The van der Waals surface area contributed by atoms with Gasteiger partial charge in [0.1, 0.15) is 0 Å². The molecule has 1 fully saturated rings. The van der Waals surface area contributed by atoms with Crippen molar-refractivity contribution in [2.24, 2.45) is 4.99 Å². The molecular weight excluding hydrogens is 336 g/mol. The summed E-state index contributed by atoms with van der Waals surface area (Å²) in [6.45, 7) is 11.0. The smallest absolute Gasteiger partial charge is 0.191 e. The fourth-order valence-electron chi connectivity index (χ4n) is 2.79. The van der Waals surface area contributed by atoms with Crippen molar-refractivity contribution in [3.8, 4) is 0 Å². The van der Waals surface area contributed by atoms with Crippen LogP contribution in [0.25, 0.3) is 0 Å². The Labute approximate surface area is 155 Å². The molecule has 6 nitrogen and oxygen atoms in total. The van der Waals surface area contributed by atoms with Gasteiger partial charge in [-0.25, -0.2) is 4.98 Å². The maximum absolute atomic E-state index is 5.67. The molecule has 1 aliphatic heterocycles. The van der Waals surface area contributed by atoms with Crippen LogP contribution in [-0.2, 0) is 15.9 Å². The molecule has 0 aliphatic carbocycles. The van der Waals surface area contributed by atoms with E-state index in [9.17, 15) is 0 Å². The predicted molar refractivity (Wildman–Crippen MR) is 104 cm³/mol. The van der Waals surface area contributed by atoms with Gasteiger partial charge in [0, 0.05) is 44.1 Å². The zero-order valence-electron chi connectivity index (χ0n) is 15.8. The first-order chi connectivity index (χ1) is 12.2. The number of hydrogen-bond acceptors (Lipinski definition) is 5. The average Bonchev–Trinajstić information content (AvgIpc) is 3.20. The quantitative estimate of drug-likeness (QED) is 0.377. The van der Waals surface area contributed by atoms with Crippen molar-refractivity contribution in [1.82, 2.24) is 15.6 Å². The van der Waals surface area contributed by atoms with Gasteiger partial charge in [0.25, 0.3) is 0 Å². The molecule has 1 saturated heterocycles. The van der Waals surface area contributed by atoms with E-state index in [4.69, 9.17) is 9.47 Å². The Balaban J connectivity index is 1.60. The molecule has 7 heteroatoms. The van der Waals surface area contributed by atoms with Gasteiger partial charge in [-0.05, 0) is 40.0 Å². The van der Waals surface area contributed by atoms with E-state index in [1.165, 1.54) is 4.88 Å². The first-order valence-corrected chi connectivity index (χ1v) is 10.1. The second kappa shape index (κ2) is 11.4. The zero-order chi connectivity index (χ0) is 17.9. The average molecular weight is 369 g/mol. The first-order valence-electron chi connectivity index (χ1n) is 9.33. The molecule has 1 aromatic heterocycles. The molecule has 1 unspecified atom stereocenters. The summed E-state index contributed by atoms with van der Waals surface area (Å²) in [6.07, 6.45) is 4.51. The van der Waals surface area contributed by atoms with Crippen molar-refractivity contribution in [3.05, 3.63) is 15.6 Å². The minimum absolute atomic E-state index is 0.307. The summed E-state index contributed by atoms with van der Waals surface area (Å²) in [5.74, 6) is 0.875. The summed E-state index contributed by atoms with van der Waals surface area (Å²) in [5.41, 5.74) is 1.15. The molecule has 0 saturated carbocycles. The van der Waals surface area contributed by atoms with Gasteiger partial charge in [-0.15, -0.1) is 11.3 Å². The number of thiazole rings is 1. The fraction of sp³-hybridized carbons (Fsp3) is 0.778. The second-order valence-corrected chi connectivity index (χ2v) is 7.53. The van der Waals surface area contributed by atoms with Crippen molar-refractivity contribution in [3.63, 3.8) is 0 Å². The van der Waals surface area contributed by atoms with Crippen LogP contribution < -0.4 is 10.6 Å². The van der Waals surface area contributed by atoms with Gasteiger partial charge in [0.05, 0.1) is 23.4 Å². The number of aryl methyl sites for hydroxylation is 2. The molecular formula is C18H32N4O2S. The summed E-state index contributed by atoms with van der Waals surface area (Å²) < 4.78 is 11.2. The van der Waals surface area contributed by atoms with E-state index in [1.807, 2.05) is 0 Å². The largest absolute Gasteiger partial charge is 0.379 e. The highest BCUT2D eigenvalue weighted by molar-refractivity contribution is 7.11. The van der Waals surface area contributed by atoms with Gasteiger partial charge in [0.2, 0.25) is 0 Å². The Morgan fingerprint density at radius 1 is 1.40 bits per heavy atom. The molecule has 0 bridgehead atoms. The highest BCUT2D eigenvalue weighted by Crippen LogP contribution is 2.17. The molecule has 2 heterocycles. The van der Waals surface area contributed by atoms with E-state index in [0.717, 1.165) is 81.8 Å². The van der Waals surface area contributed by atoms with Crippen molar-refractivity contribution in [2.45, 2.75) is 52.6 Å². The summed E-state index contributed by atoms with van der Waals surface area (Å²) >= 11 is 1.78. The van der Waals surface area contributed by atoms with Crippen LogP contribution in [0.15, 0.2) is 4.99 Å². The van der Waals surface area contributed by atoms with Crippen LogP contribution in [0, 0.1) is 13.8 Å². The molecule has 25 heavy (non-hydrogen) atoms. The number of nitrogens with zero attached hydrogens (tertiary/aromatic N) is 2. The molecule has 2 N–H and O–H groups in total. The van der Waals surface area contributed by atoms with Crippen molar-refractivity contribution in [1.29, 1.82) is 0 Å². The summed E-state index contributed by atoms with van der Waals surface area (Å²) in [6, 6.07) is 0. The van der Waals surface area contributed by atoms with E-state index in [1.54, 1.807) is 11.3 Å². The lowest BCUT2D eigenvalue weighted by Gasteiger charge is -2.11. The lowest BCUT2D eigenvalue weighted by molar-refractivity contribution is 0.0171. The number of aliphatic imine (C=N–C) groups is 1. The highest BCUT2D eigenvalue weighted by atomic mass is 32.1. The highest BCUT2D eigenvalue weighted by Gasteiger charge is 2.14. The zero-order valence-corrected chi connectivity index (χ0v) is 16.6. The standard InChI is InChI=1S/C18H32N4O2S/c1-4-19-18(21-10-8-17-14(2)22-15(3)25-17)20-9-6-11-23-13-16-7-5-12-24-16/h16H,4-13H2,1-3H3,(H2,19,20,21). The molecule has 0 radical (unpaired) electrons. The molecule has 1 aliphatic rings. The molecule has 0 aromatic carbocycles. The third kappa shape index (κ3) is 7.71. The third-order valence-corrected chi connectivity index (χ3v) is 5.17. The van der Waals surface area contributed by atoms with Crippen LogP contribution in [0.4, 0.5) is 0 Å². The van der Waals surface area contributed by atoms with Crippen LogP contribution in [0.5, 0.6) is 0 Å². The van der Waals surface area contributed by atoms with Crippen LogP contribution in [0.1, 0.15) is 41.8 Å². The Morgan fingerprint density at radius 3 is 2.96 bits per heavy atom. The number of ether oxygens (including phenoxy) is 2. The van der Waals surface area contributed by atoms with Gasteiger partial charge in [0.15, 0.2) is 5.96 Å². The van der Waals surface area contributed by atoms with E-state index in [0.29, 0.717) is 6.10 Å². The minimum Gasteiger partial charge on any atom is -0.379 e. The molecule has 2 rings (SSSR count). The number of guanidine groups is 1. The minimum atomic E-state index is 0.307. The number of hydrogen-bond donors (Lipinski definition) is 2. The van der Waals surface area contributed by atoms with Crippen molar-refractivity contribution < 1.29 is 9.47 Å². The molecule has 1 atom stereocenters. The van der Waals surface area contributed by atoms with Crippen LogP contribution in [0.3, 0.4) is 0 Å². The van der Waals surface area contributed by atoms with E-state index < -0.39 is 0 Å². The number of aromatic nitrogens is 1. The van der Waals surface area contributed by atoms with Gasteiger partial charge in [-0.1, -0.05) is 0 Å². The predicted octanol–water partition coefficient (Wildman–Crippen LogP) is 2.44. The van der Waals surface area contributed by atoms with E-state index in [2.05, 4.69) is 41.4 Å². The van der Waals surface area contributed by atoms with Crippen LogP contribution in [-0.4, -0.2) is 56.5 Å². The Hall–Kier alpha value is -1.18. The number of nitrogens with one attached hydrogen (secondary N) is 2. The van der Waals surface area contributed by atoms with Crippen molar-refractivity contribution >= 4 is 17.3 Å². The van der Waals surface area contributed by atoms with E-state index >= 15 is 0 Å². The summed E-state index contributed by atoms with van der Waals surface area (Å²) in [5, 5.41) is 7.82. The monoisotopic (exact) mass is 368 g/mol. The molecule has 142 valence electrons. The maximum atomic E-state index is 5.67. The summed E-state index contributed by atoms with van der Waals surface area (Å²) in [4.78, 5) is 10.4. The summed E-state index contributed by atoms with van der Waals surface area (Å²) in [7, 11) is 0. The second-order valence-electron chi connectivity index (χ2n) is 6.24. The molecule has 0 amide bonds. The Kier molecular flexibility index (Phi) is 9.21. The van der Waals surface area contributed by atoms with Gasteiger partial charge < -0.3 is 20.1 Å². The lowest BCUT2D eigenvalue weighted by Crippen LogP contribution is -2.38. The normalized spacial score (nSPS) is 17.9. The van der Waals surface area contributed by atoms with E-state index in [-0.39, 0.29) is 0 Å². The Bertz CT molecular complexity index is 527. The topological polar surface area (TPSA) is 67.8 Å². The molecule has 1 aromatic rings. The van der Waals surface area contributed by atoms with Crippen LogP contribution >= 0.6 is 11.3 Å². The van der Waals surface area contributed by atoms with Gasteiger partial charge >= 0.3 is 0 Å². The number of rotatable bonds is 10. The first kappa shape index (κ1) is 20.1.